The Hall–Kier alpha value is -3.26. The number of nitrogens with one attached hydrogen (secondary N) is 1. The van der Waals surface area contributed by atoms with Crippen LogP contribution in [0.1, 0.15) is 17.3 Å². The third kappa shape index (κ3) is 4.27. The number of fused-ring (bicyclic) bond motifs is 1. The fraction of sp³-hybridized carbons (Fsp3) is 0.333. The highest BCUT2D eigenvalue weighted by atomic mass is 16.7. The van der Waals surface area contributed by atoms with Gasteiger partial charge in [-0.1, -0.05) is 0 Å². The van der Waals surface area contributed by atoms with Crippen LogP contribution in [0.25, 0.3) is 0 Å². The van der Waals surface area contributed by atoms with Gasteiger partial charge in [-0.05, 0) is 37.3 Å². The van der Waals surface area contributed by atoms with Crippen LogP contribution in [-0.2, 0) is 4.79 Å². The molecular weight excluding hydrogens is 374 g/mol. The van der Waals surface area contributed by atoms with E-state index >= 15 is 0 Å². The van der Waals surface area contributed by atoms with Crippen LogP contribution in [-0.4, -0.2) is 61.2 Å². The van der Waals surface area contributed by atoms with Gasteiger partial charge in [0.1, 0.15) is 5.75 Å². The number of hydrogen-bond donors (Lipinski definition) is 2. The van der Waals surface area contributed by atoms with E-state index < -0.39 is 0 Å². The lowest BCUT2D eigenvalue weighted by molar-refractivity contribution is -0.117. The molecule has 2 aliphatic heterocycles. The molecule has 2 N–H and O–H groups in total. The Labute approximate surface area is 168 Å². The lowest BCUT2D eigenvalue weighted by atomic mass is 10.1. The first kappa shape index (κ1) is 19.1. The number of piperazine rings is 1. The van der Waals surface area contributed by atoms with Crippen molar-refractivity contribution in [1.29, 1.82) is 0 Å². The Kier molecular flexibility index (Phi) is 5.26. The molecule has 0 spiro atoms. The molecular formula is C21H23N3O5. The van der Waals surface area contributed by atoms with E-state index in [0.29, 0.717) is 22.7 Å². The largest absolute Gasteiger partial charge is 0.508 e. The van der Waals surface area contributed by atoms with Gasteiger partial charge >= 0.3 is 0 Å². The third-order valence-corrected chi connectivity index (χ3v) is 5.12. The summed E-state index contributed by atoms with van der Waals surface area (Å²) in [5, 5.41) is 12.3. The van der Waals surface area contributed by atoms with Gasteiger partial charge in [0.25, 0.3) is 0 Å². The maximum absolute atomic E-state index is 12.6. The molecule has 0 aliphatic carbocycles. The number of amides is 1. The number of phenols is 1. The van der Waals surface area contributed by atoms with Gasteiger partial charge in [0.05, 0.1) is 12.2 Å². The van der Waals surface area contributed by atoms with E-state index in [-0.39, 0.29) is 30.8 Å². The molecule has 4 rings (SSSR count). The quantitative estimate of drug-likeness (QED) is 0.747. The summed E-state index contributed by atoms with van der Waals surface area (Å²) < 4.78 is 10.7. The zero-order valence-electron chi connectivity index (χ0n) is 16.2. The molecule has 0 atom stereocenters. The summed E-state index contributed by atoms with van der Waals surface area (Å²) in [5.74, 6) is 0.953. The highest BCUT2D eigenvalue weighted by molar-refractivity contribution is 6.05. The average molecular weight is 397 g/mol. The van der Waals surface area contributed by atoms with Crippen LogP contribution >= 0.6 is 0 Å². The minimum Gasteiger partial charge on any atom is -0.508 e. The van der Waals surface area contributed by atoms with Gasteiger partial charge < -0.3 is 24.8 Å². The fourth-order valence-corrected chi connectivity index (χ4v) is 3.56. The van der Waals surface area contributed by atoms with E-state index in [1.54, 1.807) is 24.3 Å². The summed E-state index contributed by atoms with van der Waals surface area (Å²) in [4.78, 5) is 28.8. The van der Waals surface area contributed by atoms with Gasteiger partial charge in [0, 0.05) is 43.5 Å². The molecule has 0 unspecified atom stereocenters. The molecule has 152 valence electrons. The van der Waals surface area contributed by atoms with Crippen molar-refractivity contribution in [3.63, 3.8) is 0 Å². The highest BCUT2D eigenvalue weighted by Crippen LogP contribution is 2.37. The molecule has 0 aromatic heterocycles. The highest BCUT2D eigenvalue weighted by Gasteiger charge is 2.22. The van der Waals surface area contributed by atoms with Crippen molar-refractivity contribution in [1.82, 2.24) is 4.90 Å². The van der Waals surface area contributed by atoms with Crippen LogP contribution in [0.3, 0.4) is 0 Å². The number of hydrogen-bond acceptors (Lipinski definition) is 7. The molecule has 8 nitrogen and oxygen atoms in total. The molecule has 29 heavy (non-hydrogen) atoms. The van der Waals surface area contributed by atoms with Gasteiger partial charge in [-0.15, -0.1) is 0 Å². The SMILES string of the molecule is CC(=O)c1cc2c(cc1NC(=O)CN1CCN(c3ccc(O)cc3)CC1)OCO2. The van der Waals surface area contributed by atoms with E-state index in [1.807, 2.05) is 12.1 Å². The summed E-state index contributed by atoms with van der Waals surface area (Å²) in [5.41, 5.74) is 1.90. The monoisotopic (exact) mass is 397 g/mol. The molecule has 1 fully saturated rings. The second-order valence-corrected chi connectivity index (χ2v) is 7.14. The second kappa shape index (κ2) is 8.00. The van der Waals surface area contributed by atoms with E-state index in [9.17, 15) is 14.7 Å². The van der Waals surface area contributed by atoms with Gasteiger partial charge in [-0.25, -0.2) is 0 Å². The summed E-state index contributed by atoms with van der Waals surface area (Å²) in [6.45, 7) is 4.88. The van der Waals surface area contributed by atoms with Crippen LogP contribution in [0.2, 0.25) is 0 Å². The maximum Gasteiger partial charge on any atom is 0.238 e. The molecule has 2 heterocycles. The van der Waals surface area contributed by atoms with Gasteiger partial charge in [-0.2, -0.15) is 0 Å². The summed E-state index contributed by atoms with van der Waals surface area (Å²) >= 11 is 0. The number of aromatic hydroxyl groups is 1. The summed E-state index contributed by atoms with van der Waals surface area (Å²) in [7, 11) is 0. The molecule has 1 amide bonds. The average Bonchev–Trinajstić information content (AvgIpc) is 3.16. The van der Waals surface area contributed by atoms with E-state index in [2.05, 4.69) is 15.1 Å². The molecule has 0 radical (unpaired) electrons. The number of Topliss-reactive ketones (excluding diaryl/α,β-unsaturated/α-hetero) is 1. The fourth-order valence-electron chi connectivity index (χ4n) is 3.56. The Morgan fingerprint density at radius 2 is 1.69 bits per heavy atom. The number of carbonyl (C=O) groups is 2. The topological polar surface area (TPSA) is 91.3 Å². The normalized spacial score (nSPS) is 16.0. The molecule has 8 heteroatoms. The molecule has 1 saturated heterocycles. The smallest absolute Gasteiger partial charge is 0.238 e. The number of anilines is 2. The Morgan fingerprint density at radius 3 is 2.34 bits per heavy atom. The number of ketones is 1. The summed E-state index contributed by atoms with van der Waals surface area (Å²) in [6.07, 6.45) is 0. The van der Waals surface area contributed by atoms with Gasteiger partial charge in [0.2, 0.25) is 12.7 Å². The minimum absolute atomic E-state index is 0.107. The van der Waals surface area contributed by atoms with E-state index in [4.69, 9.17) is 9.47 Å². The van der Waals surface area contributed by atoms with Crippen molar-refractivity contribution in [2.75, 3.05) is 49.7 Å². The Balaban J connectivity index is 1.35. The number of rotatable bonds is 5. The van der Waals surface area contributed by atoms with Crippen molar-refractivity contribution < 1.29 is 24.2 Å². The third-order valence-electron chi connectivity index (χ3n) is 5.12. The van der Waals surface area contributed by atoms with Crippen LogP contribution < -0.4 is 19.7 Å². The Bertz CT molecular complexity index is 921. The van der Waals surface area contributed by atoms with Crippen molar-refractivity contribution in [3.8, 4) is 17.2 Å². The first-order valence-corrected chi connectivity index (χ1v) is 9.50. The lowest BCUT2D eigenvalue weighted by Gasteiger charge is -2.35. The number of ether oxygens (including phenoxy) is 2. The molecule has 2 aliphatic rings. The Morgan fingerprint density at radius 1 is 1.03 bits per heavy atom. The lowest BCUT2D eigenvalue weighted by Crippen LogP contribution is -2.48. The van der Waals surface area contributed by atoms with E-state index in [0.717, 1.165) is 31.9 Å². The molecule has 2 aromatic carbocycles. The zero-order valence-corrected chi connectivity index (χ0v) is 16.2. The molecule has 0 bridgehead atoms. The van der Waals surface area contributed by atoms with Crippen molar-refractivity contribution in [2.45, 2.75) is 6.92 Å². The number of phenolic OH excluding ortho intramolecular Hbond substituents is 1. The van der Waals surface area contributed by atoms with Crippen molar-refractivity contribution in [3.05, 3.63) is 42.0 Å². The summed E-state index contributed by atoms with van der Waals surface area (Å²) in [6, 6.07) is 10.4. The standard InChI is InChI=1S/C21H23N3O5/c1-14(25)17-10-19-20(29-13-28-19)11-18(17)22-21(27)12-23-6-8-24(9-7-23)15-2-4-16(26)5-3-15/h2-5,10-11,26H,6-9,12-13H2,1H3,(H,22,27). The van der Waals surface area contributed by atoms with Crippen LogP contribution in [0.4, 0.5) is 11.4 Å². The predicted molar refractivity (Wildman–Crippen MR) is 108 cm³/mol. The second-order valence-electron chi connectivity index (χ2n) is 7.14. The van der Waals surface area contributed by atoms with Gasteiger partial charge in [-0.3, -0.25) is 14.5 Å². The molecule has 2 aromatic rings. The van der Waals surface area contributed by atoms with Crippen molar-refractivity contribution >= 4 is 23.1 Å². The number of benzene rings is 2. The predicted octanol–water partition coefficient (Wildman–Crippen LogP) is 2.08. The van der Waals surface area contributed by atoms with Crippen LogP contribution in [0.5, 0.6) is 17.2 Å². The maximum atomic E-state index is 12.6. The number of carbonyl (C=O) groups excluding carboxylic acids is 2. The van der Waals surface area contributed by atoms with Crippen LogP contribution in [0, 0.1) is 0 Å². The van der Waals surface area contributed by atoms with E-state index in [1.165, 1.54) is 6.92 Å². The first-order valence-electron chi connectivity index (χ1n) is 9.50. The van der Waals surface area contributed by atoms with Gasteiger partial charge in [0.15, 0.2) is 17.3 Å². The number of nitrogens with zero attached hydrogens (tertiary/aromatic N) is 2. The molecule has 0 saturated carbocycles. The first-order chi connectivity index (χ1) is 14.0. The van der Waals surface area contributed by atoms with Crippen molar-refractivity contribution in [2.24, 2.45) is 0 Å². The van der Waals surface area contributed by atoms with Crippen LogP contribution in [0.15, 0.2) is 36.4 Å². The minimum atomic E-state index is -0.176. The zero-order chi connectivity index (χ0) is 20.4.